The molecule has 0 saturated heterocycles. The predicted molar refractivity (Wildman–Crippen MR) is 113 cm³/mol. The highest BCUT2D eigenvalue weighted by molar-refractivity contribution is 7.71. The number of aryl methyl sites for hydroxylation is 1. The summed E-state index contributed by atoms with van der Waals surface area (Å²) in [5, 5.41) is 5.13. The van der Waals surface area contributed by atoms with Gasteiger partial charge in [0.15, 0.2) is 12.5 Å². The van der Waals surface area contributed by atoms with Crippen LogP contribution in [-0.2, 0) is 13.2 Å². The van der Waals surface area contributed by atoms with Crippen LogP contribution in [-0.4, -0.2) is 26.3 Å². The van der Waals surface area contributed by atoms with E-state index in [1.807, 2.05) is 49.4 Å². The van der Waals surface area contributed by atoms with Gasteiger partial charge in [0, 0.05) is 5.56 Å². The van der Waals surface area contributed by atoms with Crippen molar-refractivity contribution in [1.82, 2.24) is 19.7 Å². The Morgan fingerprint density at radius 3 is 2.69 bits per heavy atom. The molecule has 0 aliphatic heterocycles. The fraction of sp³-hybridized carbons (Fsp3) is 0.238. The van der Waals surface area contributed by atoms with E-state index in [2.05, 4.69) is 22.0 Å². The van der Waals surface area contributed by atoms with Crippen LogP contribution < -0.4 is 10.5 Å². The summed E-state index contributed by atoms with van der Waals surface area (Å²) in [6, 6.07) is 15.3. The second-order valence-corrected chi connectivity index (χ2v) is 7.36. The van der Waals surface area contributed by atoms with E-state index in [4.69, 9.17) is 16.6 Å². The lowest BCUT2D eigenvalue weighted by Crippen LogP contribution is -3.09. The molecule has 1 atom stereocenters. The van der Waals surface area contributed by atoms with Crippen LogP contribution in [0.2, 0.25) is 0 Å². The first-order valence-corrected chi connectivity index (χ1v) is 9.91. The highest BCUT2D eigenvalue weighted by Gasteiger charge is 2.15. The Kier molecular flexibility index (Phi) is 5.37. The first-order chi connectivity index (χ1) is 14.0. The zero-order chi connectivity index (χ0) is 20.4. The van der Waals surface area contributed by atoms with Crippen LogP contribution in [0.3, 0.4) is 0 Å². The number of fused-ring (bicyclic) bond motifs is 1. The minimum atomic E-state index is -0.124. The number of nitrogens with one attached hydrogen (secondary N) is 2. The van der Waals surface area contributed by atoms with Crippen molar-refractivity contribution in [3.63, 3.8) is 0 Å². The molecule has 4 aromatic rings. The van der Waals surface area contributed by atoms with Crippen LogP contribution in [0.5, 0.6) is 0 Å². The number of hydrogen-bond donors (Lipinski definition) is 2. The quantitative estimate of drug-likeness (QED) is 0.479. The Morgan fingerprint density at radius 1 is 1.17 bits per heavy atom. The van der Waals surface area contributed by atoms with E-state index in [1.54, 1.807) is 10.7 Å². The molecule has 2 N–H and O–H groups in total. The molecule has 0 saturated carbocycles. The minimum Gasteiger partial charge on any atom is -0.409 e. The Hall–Kier alpha value is -3.10. The molecule has 8 heteroatoms. The van der Waals surface area contributed by atoms with Gasteiger partial charge in [0.1, 0.15) is 6.54 Å². The van der Waals surface area contributed by atoms with Crippen molar-refractivity contribution in [2.45, 2.75) is 27.1 Å². The Morgan fingerprint density at radius 2 is 1.93 bits per heavy atom. The average Bonchev–Trinajstić information content (AvgIpc) is 3.08. The van der Waals surface area contributed by atoms with Crippen LogP contribution in [0, 0.1) is 11.8 Å². The number of aromatic nitrogens is 4. The molecule has 1 unspecified atom stereocenters. The van der Waals surface area contributed by atoms with Crippen LogP contribution in [0.25, 0.3) is 22.4 Å². The first-order valence-electron chi connectivity index (χ1n) is 9.50. The van der Waals surface area contributed by atoms with Gasteiger partial charge in [-0.15, -0.1) is 5.10 Å². The summed E-state index contributed by atoms with van der Waals surface area (Å²) >= 11 is 5.36. The van der Waals surface area contributed by atoms with Crippen molar-refractivity contribution in [1.29, 1.82) is 0 Å². The summed E-state index contributed by atoms with van der Waals surface area (Å²) in [4.78, 5) is 21.3. The zero-order valence-electron chi connectivity index (χ0n) is 16.3. The van der Waals surface area contributed by atoms with Crippen LogP contribution in [0.1, 0.15) is 18.3 Å². The lowest BCUT2D eigenvalue weighted by atomic mass is 10.1. The molecule has 0 aliphatic rings. The maximum atomic E-state index is 12.3. The monoisotopic (exact) mass is 408 g/mol. The maximum absolute atomic E-state index is 12.3. The van der Waals surface area contributed by atoms with E-state index in [9.17, 15) is 4.79 Å². The van der Waals surface area contributed by atoms with E-state index in [-0.39, 0.29) is 5.56 Å². The summed E-state index contributed by atoms with van der Waals surface area (Å²) in [5.41, 5.74) is 2.63. The standard InChI is InChI=1S/C21H21N5O2S/c1-3-25(12-18-22-17-7-5-4-6-16(17)19(27)23-18)13-26-21(29)28-20(24-26)15-10-8-14(2)9-11-15/h4-11H,3,12-13H2,1-2H3,(H,22,23,27)/p+1. The topological polar surface area (TPSA) is 81.2 Å². The van der Waals surface area contributed by atoms with Crippen molar-refractivity contribution in [2.24, 2.45) is 0 Å². The van der Waals surface area contributed by atoms with Gasteiger partial charge in [-0.1, -0.05) is 29.8 Å². The van der Waals surface area contributed by atoms with E-state index in [0.29, 0.717) is 40.7 Å². The van der Waals surface area contributed by atoms with Crippen molar-refractivity contribution >= 4 is 23.1 Å². The highest BCUT2D eigenvalue weighted by atomic mass is 32.1. The Labute approximate surface area is 172 Å². The highest BCUT2D eigenvalue weighted by Crippen LogP contribution is 2.17. The number of aromatic amines is 1. The summed E-state index contributed by atoms with van der Waals surface area (Å²) in [7, 11) is 0. The largest absolute Gasteiger partial charge is 0.409 e. The molecule has 0 aliphatic carbocycles. The molecule has 0 spiro atoms. The normalized spacial score (nSPS) is 12.3. The molecular weight excluding hydrogens is 386 g/mol. The van der Waals surface area contributed by atoms with Crippen molar-refractivity contribution in [3.05, 3.63) is 75.1 Å². The molecule has 29 heavy (non-hydrogen) atoms. The third-order valence-electron chi connectivity index (χ3n) is 4.86. The number of H-pyrrole nitrogens is 1. The van der Waals surface area contributed by atoms with Crippen LogP contribution in [0.4, 0.5) is 0 Å². The molecule has 2 heterocycles. The van der Waals surface area contributed by atoms with Gasteiger partial charge in [-0.05, 0) is 50.3 Å². The fourth-order valence-electron chi connectivity index (χ4n) is 3.18. The summed E-state index contributed by atoms with van der Waals surface area (Å²) in [6.45, 7) is 5.97. The number of benzene rings is 2. The van der Waals surface area contributed by atoms with Crippen molar-refractivity contribution in [3.8, 4) is 11.5 Å². The van der Waals surface area contributed by atoms with E-state index >= 15 is 0 Å². The fourth-order valence-corrected chi connectivity index (χ4v) is 3.36. The summed E-state index contributed by atoms with van der Waals surface area (Å²) in [5.74, 6) is 1.14. The Balaban J connectivity index is 1.56. The van der Waals surface area contributed by atoms with Gasteiger partial charge in [-0.25, -0.2) is 4.98 Å². The first kappa shape index (κ1) is 19.2. The molecule has 148 valence electrons. The predicted octanol–water partition coefficient (Wildman–Crippen LogP) is 2.48. The second-order valence-electron chi connectivity index (χ2n) is 7.01. The zero-order valence-corrected chi connectivity index (χ0v) is 17.1. The molecule has 2 aromatic heterocycles. The summed E-state index contributed by atoms with van der Waals surface area (Å²) < 4.78 is 7.38. The molecule has 0 fully saturated rings. The van der Waals surface area contributed by atoms with Crippen LogP contribution in [0.15, 0.2) is 57.7 Å². The third kappa shape index (κ3) is 4.18. The number of quaternary nitrogens is 1. The summed E-state index contributed by atoms with van der Waals surface area (Å²) in [6.07, 6.45) is 0. The van der Waals surface area contributed by atoms with Gasteiger partial charge < -0.3 is 14.3 Å². The van der Waals surface area contributed by atoms with Gasteiger partial charge in [-0.3, -0.25) is 4.79 Å². The number of hydrogen-bond acceptors (Lipinski definition) is 5. The molecule has 0 amide bonds. The van der Waals surface area contributed by atoms with Gasteiger partial charge >= 0.3 is 0 Å². The van der Waals surface area contributed by atoms with E-state index in [0.717, 1.165) is 17.0 Å². The number of nitrogens with zero attached hydrogens (tertiary/aromatic N) is 3. The van der Waals surface area contributed by atoms with Gasteiger partial charge in [0.05, 0.1) is 17.4 Å². The van der Waals surface area contributed by atoms with Gasteiger partial charge in [-0.2, -0.15) is 4.68 Å². The lowest BCUT2D eigenvalue weighted by molar-refractivity contribution is -0.936. The number of rotatable bonds is 6. The average molecular weight is 409 g/mol. The molecule has 2 aromatic carbocycles. The maximum Gasteiger partial charge on any atom is 0.292 e. The van der Waals surface area contributed by atoms with Gasteiger partial charge in [0.2, 0.25) is 5.89 Å². The van der Waals surface area contributed by atoms with Crippen molar-refractivity contribution < 1.29 is 9.32 Å². The second kappa shape index (κ2) is 8.10. The number of para-hydroxylation sites is 1. The molecule has 4 rings (SSSR count). The SMILES string of the molecule is CC[NH+](Cc1nc2ccccc2c(=O)[nH]1)Cn1nc(-c2ccc(C)cc2)oc1=S. The lowest BCUT2D eigenvalue weighted by Gasteiger charge is -2.16. The minimum absolute atomic E-state index is 0.124. The molecule has 0 bridgehead atoms. The van der Waals surface area contributed by atoms with Crippen LogP contribution >= 0.6 is 12.2 Å². The van der Waals surface area contributed by atoms with E-state index < -0.39 is 0 Å². The third-order valence-corrected chi connectivity index (χ3v) is 5.15. The molecular formula is C21H22N5O2S+. The van der Waals surface area contributed by atoms with Gasteiger partial charge in [0.25, 0.3) is 10.4 Å². The Bertz CT molecular complexity index is 1260. The van der Waals surface area contributed by atoms with E-state index in [1.165, 1.54) is 5.56 Å². The smallest absolute Gasteiger partial charge is 0.292 e. The molecule has 7 nitrogen and oxygen atoms in total. The van der Waals surface area contributed by atoms with Crippen molar-refractivity contribution in [2.75, 3.05) is 6.54 Å². The molecule has 0 radical (unpaired) electrons.